The third-order valence-corrected chi connectivity index (χ3v) is 1.83. The van der Waals surface area contributed by atoms with Crippen molar-refractivity contribution in [2.45, 2.75) is 0 Å². The average molecular weight is 172 g/mol. The van der Waals surface area contributed by atoms with Gasteiger partial charge in [-0.05, 0) is 18.2 Å². The van der Waals surface area contributed by atoms with E-state index in [-0.39, 0.29) is 0 Å². The number of rotatable bonds is 2. The lowest BCUT2D eigenvalue weighted by Gasteiger charge is -1.96. The Labute approximate surface area is 75.8 Å². The first-order valence-electron chi connectivity index (χ1n) is 3.99. The molecule has 2 rings (SSSR count). The highest BCUT2D eigenvalue weighted by Crippen LogP contribution is 2.19. The van der Waals surface area contributed by atoms with Crippen LogP contribution in [0.15, 0.2) is 47.1 Å². The van der Waals surface area contributed by atoms with Gasteiger partial charge in [0.15, 0.2) is 0 Å². The lowest BCUT2D eigenvalue weighted by Crippen LogP contribution is -1.79. The third-order valence-electron chi connectivity index (χ3n) is 1.83. The van der Waals surface area contributed by atoms with Crippen molar-refractivity contribution in [2.24, 2.45) is 0 Å². The Kier molecular flexibility index (Phi) is 1.96. The highest BCUT2D eigenvalue weighted by molar-refractivity contribution is 5.77. The number of aldehydes is 1. The molecule has 0 aliphatic rings. The summed E-state index contributed by atoms with van der Waals surface area (Å²) in [6, 6.07) is 11.0. The van der Waals surface area contributed by atoms with Crippen molar-refractivity contribution in [3.8, 4) is 11.3 Å². The van der Waals surface area contributed by atoms with Crippen molar-refractivity contribution in [1.82, 2.24) is 0 Å². The number of carbonyl (C=O) groups excluding carboxylic acids is 1. The monoisotopic (exact) mass is 172 g/mol. The Morgan fingerprint density at radius 1 is 1.15 bits per heavy atom. The van der Waals surface area contributed by atoms with Crippen LogP contribution in [-0.4, -0.2) is 6.29 Å². The summed E-state index contributed by atoms with van der Waals surface area (Å²) in [7, 11) is 0. The fourth-order valence-corrected chi connectivity index (χ4v) is 1.21. The van der Waals surface area contributed by atoms with Crippen molar-refractivity contribution < 1.29 is 9.21 Å². The number of furan rings is 1. The maximum absolute atomic E-state index is 10.5. The lowest BCUT2D eigenvalue weighted by atomic mass is 10.1. The molecule has 64 valence electrons. The van der Waals surface area contributed by atoms with E-state index in [9.17, 15) is 4.79 Å². The number of benzene rings is 1. The molecule has 0 bridgehead atoms. The van der Waals surface area contributed by atoms with Crippen LogP contribution in [0.5, 0.6) is 0 Å². The molecule has 13 heavy (non-hydrogen) atoms. The zero-order chi connectivity index (χ0) is 9.10. The molecule has 0 unspecified atom stereocenters. The van der Waals surface area contributed by atoms with Crippen LogP contribution in [0.3, 0.4) is 0 Å². The maximum Gasteiger partial charge on any atom is 0.150 e. The standard InChI is InChI=1S/C11H8O2/c12-8-9-3-1-4-10(7-9)11-5-2-6-13-11/h1-8H. The van der Waals surface area contributed by atoms with E-state index < -0.39 is 0 Å². The smallest absolute Gasteiger partial charge is 0.150 e. The summed E-state index contributed by atoms with van der Waals surface area (Å²) < 4.78 is 5.20. The Hall–Kier alpha value is -1.83. The molecule has 1 heterocycles. The number of hydrogen-bond acceptors (Lipinski definition) is 2. The highest BCUT2D eigenvalue weighted by atomic mass is 16.3. The SMILES string of the molecule is O=Cc1cccc(-c2ccco2)c1. The van der Waals surface area contributed by atoms with Gasteiger partial charge in [-0.15, -0.1) is 0 Å². The molecule has 0 aliphatic carbocycles. The second-order valence-electron chi connectivity index (χ2n) is 2.72. The third kappa shape index (κ3) is 1.51. The fourth-order valence-electron chi connectivity index (χ4n) is 1.21. The van der Waals surface area contributed by atoms with Crippen LogP contribution in [0, 0.1) is 0 Å². The van der Waals surface area contributed by atoms with Crippen molar-refractivity contribution in [3.63, 3.8) is 0 Å². The lowest BCUT2D eigenvalue weighted by molar-refractivity contribution is 0.112. The molecule has 0 radical (unpaired) electrons. The maximum atomic E-state index is 10.5. The van der Waals surface area contributed by atoms with Crippen LogP contribution in [0.1, 0.15) is 10.4 Å². The molecular weight excluding hydrogens is 164 g/mol. The summed E-state index contributed by atoms with van der Waals surface area (Å²) in [6.45, 7) is 0. The summed E-state index contributed by atoms with van der Waals surface area (Å²) in [5, 5.41) is 0. The van der Waals surface area contributed by atoms with E-state index in [1.54, 1.807) is 18.4 Å². The zero-order valence-electron chi connectivity index (χ0n) is 6.94. The van der Waals surface area contributed by atoms with Gasteiger partial charge in [0.05, 0.1) is 6.26 Å². The van der Waals surface area contributed by atoms with Crippen molar-refractivity contribution in [3.05, 3.63) is 48.2 Å². The number of carbonyl (C=O) groups is 1. The zero-order valence-corrected chi connectivity index (χ0v) is 6.94. The van der Waals surface area contributed by atoms with Crippen LogP contribution in [0.25, 0.3) is 11.3 Å². The van der Waals surface area contributed by atoms with E-state index in [1.807, 2.05) is 24.3 Å². The highest BCUT2D eigenvalue weighted by Gasteiger charge is 1.99. The van der Waals surface area contributed by atoms with Gasteiger partial charge < -0.3 is 4.42 Å². The fraction of sp³-hybridized carbons (Fsp3) is 0. The molecule has 2 aromatic rings. The molecule has 0 aliphatic heterocycles. The molecular formula is C11H8O2. The van der Waals surface area contributed by atoms with E-state index in [1.165, 1.54) is 0 Å². The summed E-state index contributed by atoms with van der Waals surface area (Å²) in [4.78, 5) is 10.5. The molecule has 0 amide bonds. The van der Waals surface area contributed by atoms with Gasteiger partial charge in [-0.2, -0.15) is 0 Å². The van der Waals surface area contributed by atoms with Gasteiger partial charge in [0.2, 0.25) is 0 Å². The Balaban J connectivity index is 2.47. The van der Waals surface area contributed by atoms with Crippen molar-refractivity contribution in [2.75, 3.05) is 0 Å². The van der Waals surface area contributed by atoms with E-state index in [4.69, 9.17) is 4.42 Å². The van der Waals surface area contributed by atoms with Gasteiger partial charge in [0.1, 0.15) is 12.0 Å². The van der Waals surface area contributed by atoms with Crippen LogP contribution < -0.4 is 0 Å². The Morgan fingerprint density at radius 3 is 2.77 bits per heavy atom. The molecule has 0 atom stereocenters. The summed E-state index contributed by atoms with van der Waals surface area (Å²) in [6.07, 6.45) is 2.44. The average Bonchev–Trinajstić information content (AvgIpc) is 2.71. The van der Waals surface area contributed by atoms with Gasteiger partial charge in [-0.1, -0.05) is 18.2 Å². The molecule has 1 aromatic heterocycles. The number of hydrogen-bond donors (Lipinski definition) is 0. The minimum absolute atomic E-state index is 0.661. The first-order chi connectivity index (χ1) is 6.40. The molecule has 2 nitrogen and oxygen atoms in total. The molecule has 0 spiro atoms. The first kappa shape index (κ1) is 7.80. The van der Waals surface area contributed by atoms with E-state index in [0.29, 0.717) is 5.56 Å². The van der Waals surface area contributed by atoms with E-state index in [2.05, 4.69) is 0 Å². The van der Waals surface area contributed by atoms with E-state index >= 15 is 0 Å². The van der Waals surface area contributed by atoms with Gasteiger partial charge in [0, 0.05) is 11.1 Å². The van der Waals surface area contributed by atoms with Gasteiger partial charge in [0.25, 0.3) is 0 Å². The van der Waals surface area contributed by atoms with Gasteiger partial charge >= 0.3 is 0 Å². The van der Waals surface area contributed by atoms with Crippen LogP contribution in [-0.2, 0) is 0 Å². The minimum atomic E-state index is 0.661. The molecule has 0 N–H and O–H groups in total. The van der Waals surface area contributed by atoms with Gasteiger partial charge in [-0.25, -0.2) is 0 Å². The molecule has 2 heteroatoms. The van der Waals surface area contributed by atoms with E-state index in [0.717, 1.165) is 17.6 Å². The minimum Gasteiger partial charge on any atom is -0.464 e. The molecule has 0 saturated heterocycles. The second kappa shape index (κ2) is 3.27. The molecule has 1 aromatic carbocycles. The normalized spacial score (nSPS) is 9.85. The van der Waals surface area contributed by atoms with Crippen LogP contribution >= 0.6 is 0 Å². The summed E-state index contributed by atoms with van der Waals surface area (Å²) >= 11 is 0. The van der Waals surface area contributed by atoms with Crippen molar-refractivity contribution in [1.29, 1.82) is 0 Å². The molecule has 0 fully saturated rings. The quantitative estimate of drug-likeness (QED) is 0.652. The Morgan fingerprint density at radius 2 is 2.08 bits per heavy atom. The topological polar surface area (TPSA) is 30.2 Å². The predicted octanol–water partition coefficient (Wildman–Crippen LogP) is 2.76. The largest absolute Gasteiger partial charge is 0.464 e. The second-order valence-corrected chi connectivity index (χ2v) is 2.72. The summed E-state index contributed by atoms with van der Waals surface area (Å²) in [5.41, 5.74) is 1.59. The van der Waals surface area contributed by atoms with Crippen molar-refractivity contribution >= 4 is 6.29 Å². The molecule has 0 saturated carbocycles. The van der Waals surface area contributed by atoms with Crippen LogP contribution in [0.2, 0.25) is 0 Å². The predicted molar refractivity (Wildman–Crippen MR) is 49.5 cm³/mol. The van der Waals surface area contributed by atoms with Gasteiger partial charge in [-0.3, -0.25) is 4.79 Å². The Bertz CT molecular complexity index is 402. The summed E-state index contributed by atoms with van der Waals surface area (Å²) in [5.74, 6) is 0.781. The van der Waals surface area contributed by atoms with Crippen LogP contribution in [0.4, 0.5) is 0 Å². The first-order valence-corrected chi connectivity index (χ1v) is 3.99.